The van der Waals surface area contributed by atoms with Gasteiger partial charge in [-0.15, -0.1) is 0 Å². The van der Waals surface area contributed by atoms with Gasteiger partial charge in [0.25, 0.3) is 0 Å². The van der Waals surface area contributed by atoms with Crippen LogP contribution in [0.1, 0.15) is 49.9 Å². The summed E-state index contributed by atoms with van der Waals surface area (Å²) in [5.74, 6) is 1.71. The number of rotatable bonds is 8. The second kappa shape index (κ2) is 19.5. The van der Waals surface area contributed by atoms with E-state index in [2.05, 4.69) is 295 Å². The van der Waals surface area contributed by atoms with Crippen LogP contribution in [0.3, 0.4) is 0 Å². The van der Waals surface area contributed by atoms with Crippen LogP contribution < -0.4 is 9.47 Å². The lowest BCUT2D eigenvalue weighted by Gasteiger charge is -2.24. The van der Waals surface area contributed by atoms with Crippen molar-refractivity contribution in [3.8, 4) is 101 Å². The van der Waals surface area contributed by atoms with E-state index in [1.165, 1.54) is 176 Å². The van der Waals surface area contributed by atoms with Crippen LogP contribution in [0, 0.1) is 0 Å². The van der Waals surface area contributed by atoms with Gasteiger partial charge < -0.3 is 9.47 Å². The van der Waals surface area contributed by atoms with Crippen molar-refractivity contribution in [3.05, 3.63) is 289 Å². The molecule has 0 aromatic heterocycles. The van der Waals surface area contributed by atoms with Gasteiger partial charge in [0.2, 0.25) is 0 Å². The van der Waals surface area contributed by atoms with Gasteiger partial charge in [0.05, 0.1) is 14.2 Å². The molecular weight excluding hydrogens is 1060 g/mol. The summed E-state index contributed by atoms with van der Waals surface area (Å²) in [6.07, 6.45) is 0. The molecule has 0 saturated carbocycles. The first-order valence-electron chi connectivity index (χ1n) is 30.8. The van der Waals surface area contributed by atoms with Crippen molar-refractivity contribution < 1.29 is 9.47 Å². The number of hydrogen-bond acceptors (Lipinski definition) is 2. The van der Waals surface area contributed by atoms with Crippen LogP contribution in [0.25, 0.3) is 154 Å². The Morgan fingerprint density at radius 1 is 0.205 bits per heavy atom. The molecule has 88 heavy (non-hydrogen) atoms. The number of hydrogen-bond donors (Lipinski definition) is 0. The van der Waals surface area contributed by atoms with Crippen molar-refractivity contribution in [1.29, 1.82) is 0 Å². The molecule has 0 heterocycles. The summed E-state index contributed by atoms with van der Waals surface area (Å²) in [4.78, 5) is 0. The highest BCUT2D eigenvalue weighted by molar-refractivity contribution is 6.30. The molecule has 17 rings (SSSR count). The summed E-state index contributed by atoms with van der Waals surface area (Å²) in [6.45, 7) is 9.68. The van der Waals surface area contributed by atoms with E-state index in [4.69, 9.17) is 9.47 Å². The maximum absolute atomic E-state index is 5.61. The lowest BCUT2D eigenvalue weighted by molar-refractivity contribution is 0.415. The van der Waals surface area contributed by atoms with E-state index in [0.717, 1.165) is 11.5 Å². The molecule has 0 aliphatic heterocycles. The summed E-state index contributed by atoms with van der Waals surface area (Å²) in [6, 6.07) is 100. The summed E-state index contributed by atoms with van der Waals surface area (Å²) in [5.41, 5.74) is 25.1. The molecule has 0 unspecified atom stereocenters. The average Bonchev–Trinajstić information content (AvgIpc) is 1.27. The van der Waals surface area contributed by atoms with Crippen molar-refractivity contribution in [2.75, 3.05) is 14.2 Å². The zero-order valence-electron chi connectivity index (χ0n) is 50.2. The van der Waals surface area contributed by atoms with Gasteiger partial charge in [0.15, 0.2) is 0 Å². The molecule has 2 nitrogen and oxygen atoms in total. The average molecular weight is 1130 g/mol. The van der Waals surface area contributed by atoms with Gasteiger partial charge >= 0.3 is 0 Å². The molecule has 418 valence electrons. The molecule has 2 heteroatoms. The van der Waals surface area contributed by atoms with Gasteiger partial charge in [-0.3, -0.25) is 0 Å². The monoisotopic (exact) mass is 1130 g/mol. The molecule has 0 amide bonds. The van der Waals surface area contributed by atoms with E-state index < -0.39 is 0 Å². The van der Waals surface area contributed by atoms with E-state index in [-0.39, 0.29) is 10.8 Å². The first-order valence-corrected chi connectivity index (χ1v) is 30.8. The SMILES string of the molecule is COc1ccc(-c2c3ccccc3c(-c3ccc4c(c3)C(C)(C)c3cc(-c5ccc6c(c5)C(C)(C)c5cc(-c7c8ccccc8c(-c8c9ccccc9c(-c9ccc(OC)cc9)c9ccccc89)c8ccccc78)ccc5-6)ccc3-4)c3ccccc23)cc1. The highest BCUT2D eigenvalue weighted by atomic mass is 16.5. The summed E-state index contributed by atoms with van der Waals surface area (Å²) >= 11 is 0. The van der Waals surface area contributed by atoms with Crippen LogP contribution in [-0.2, 0) is 10.8 Å². The minimum atomic E-state index is -0.254. The zero-order chi connectivity index (χ0) is 59.2. The fourth-order valence-electron chi connectivity index (χ4n) is 15.8. The molecule has 0 saturated heterocycles. The molecule has 2 aliphatic rings. The molecule has 0 spiro atoms. The van der Waals surface area contributed by atoms with Crippen LogP contribution in [0.4, 0.5) is 0 Å². The number of benzene rings is 15. The Kier molecular flexibility index (Phi) is 11.5. The number of fused-ring (bicyclic) bond motifs is 12. The third kappa shape index (κ3) is 7.55. The maximum atomic E-state index is 5.61. The topological polar surface area (TPSA) is 18.5 Å². The summed E-state index contributed by atoms with van der Waals surface area (Å²) < 4.78 is 11.2. The summed E-state index contributed by atoms with van der Waals surface area (Å²) in [7, 11) is 3.45. The van der Waals surface area contributed by atoms with Gasteiger partial charge in [-0.2, -0.15) is 0 Å². The van der Waals surface area contributed by atoms with E-state index >= 15 is 0 Å². The van der Waals surface area contributed by atoms with Crippen LogP contribution in [0.15, 0.2) is 267 Å². The molecule has 15 aromatic carbocycles. The van der Waals surface area contributed by atoms with E-state index in [0.29, 0.717) is 0 Å². The minimum Gasteiger partial charge on any atom is -0.497 e. The smallest absolute Gasteiger partial charge is 0.118 e. The Bertz CT molecular complexity index is 5280. The van der Waals surface area contributed by atoms with Gasteiger partial charge in [-0.05, 0) is 224 Å². The quantitative estimate of drug-likeness (QED) is 0.141. The third-order valence-electron chi connectivity index (χ3n) is 20.1. The molecule has 15 aromatic rings. The molecular formula is C86H62O2. The zero-order valence-corrected chi connectivity index (χ0v) is 50.2. The molecule has 0 bridgehead atoms. The number of ether oxygens (including phenoxy) is 2. The first-order chi connectivity index (χ1) is 43.1. The highest BCUT2D eigenvalue weighted by Crippen LogP contribution is 2.56. The van der Waals surface area contributed by atoms with Crippen LogP contribution in [0.2, 0.25) is 0 Å². The Morgan fingerprint density at radius 2 is 0.398 bits per heavy atom. The Hall–Kier alpha value is -10.5. The second-order valence-electron chi connectivity index (χ2n) is 25.3. The standard InChI is InChI=1S/C86H62O2/c1-85(2)75-47-53(35-43-59(75)61-45-37-55(49-77(61)85)81-65-21-9-7-19-63(65)79(64-20-8-10-22-66(64)81)51-31-39-57(87-5)40-32-51)54-36-44-60-62-46-38-56(50-78(62)86(3,4)76(60)48-54)82-69-25-13-17-29-73(69)84(74-30-18-14-26-70(74)82)83-71-27-15-11-23-67(71)80(68-24-12-16-28-72(68)83)52-33-41-58(88-6)42-34-52/h7-50H,1-6H3. The molecule has 0 atom stereocenters. The number of methoxy groups -OCH3 is 2. The Morgan fingerprint density at radius 3 is 0.636 bits per heavy atom. The van der Waals surface area contributed by atoms with Crippen molar-refractivity contribution >= 4 is 64.6 Å². The second-order valence-corrected chi connectivity index (χ2v) is 25.3. The highest BCUT2D eigenvalue weighted by Gasteiger charge is 2.39. The Labute approximate surface area is 513 Å². The normalized spacial score (nSPS) is 13.5. The van der Waals surface area contributed by atoms with Crippen LogP contribution >= 0.6 is 0 Å². The largest absolute Gasteiger partial charge is 0.497 e. The maximum Gasteiger partial charge on any atom is 0.118 e. The first kappa shape index (κ1) is 51.8. The van der Waals surface area contributed by atoms with E-state index in [1.54, 1.807) is 14.2 Å². The molecule has 0 radical (unpaired) electrons. The predicted molar refractivity (Wildman–Crippen MR) is 372 cm³/mol. The molecule has 0 fully saturated rings. The molecule has 2 aliphatic carbocycles. The predicted octanol–water partition coefficient (Wildman–Crippen LogP) is 23.2. The van der Waals surface area contributed by atoms with Gasteiger partial charge in [0, 0.05) is 10.8 Å². The summed E-state index contributed by atoms with van der Waals surface area (Å²) in [5, 5.41) is 14.9. The van der Waals surface area contributed by atoms with E-state index in [1.807, 2.05) is 0 Å². The Balaban J connectivity index is 0.744. The van der Waals surface area contributed by atoms with Crippen molar-refractivity contribution in [1.82, 2.24) is 0 Å². The minimum absolute atomic E-state index is 0.232. The van der Waals surface area contributed by atoms with Gasteiger partial charge in [-0.25, -0.2) is 0 Å². The van der Waals surface area contributed by atoms with Gasteiger partial charge in [-0.1, -0.05) is 246 Å². The van der Waals surface area contributed by atoms with E-state index in [9.17, 15) is 0 Å². The van der Waals surface area contributed by atoms with Crippen LogP contribution in [-0.4, -0.2) is 14.2 Å². The van der Waals surface area contributed by atoms with Crippen molar-refractivity contribution in [3.63, 3.8) is 0 Å². The lowest BCUT2D eigenvalue weighted by Crippen LogP contribution is -2.15. The fraction of sp³-hybridized carbons (Fsp3) is 0.0930. The van der Waals surface area contributed by atoms with Gasteiger partial charge in [0.1, 0.15) is 11.5 Å². The third-order valence-corrected chi connectivity index (χ3v) is 20.1. The molecule has 0 N–H and O–H groups in total. The lowest BCUT2D eigenvalue weighted by atomic mass is 9.78. The van der Waals surface area contributed by atoms with Crippen LogP contribution in [0.5, 0.6) is 11.5 Å². The van der Waals surface area contributed by atoms with Crippen molar-refractivity contribution in [2.45, 2.75) is 38.5 Å². The fourth-order valence-corrected chi connectivity index (χ4v) is 15.8. The van der Waals surface area contributed by atoms with Crippen molar-refractivity contribution in [2.24, 2.45) is 0 Å².